The van der Waals surface area contributed by atoms with Gasteiger partial charge in [-0.2, -0.15) is 0 Å². The summed E-state index contributed by atoms with van der Waals surface area (Å²) in [7, 11) is 0. The normalized spacial score (nSPS) is 15.9. The highest BCUT2D eigenvalue weighted by atomic mass is 16.6. The summed E-state index contributed by atoms with van der Waals surface area (Å²) in [6, 6.07) is 17.3. The van der Waals surface area contributed by atoms with Crippen LogP contribution in [0.3, 0.4) is 0 Å². The van der Waals surface area contributed by atoms with Gasteiger partial charge >= 0.3 is 12.1 Å². The molecule has 0 saturated heterocycles. The first-order chi connectivity index (χ1) is 47.1. The highest BCUT2D eigenvalue weighted by Crippen LogP contribution is 2.46. The number of pyridine rings is 2. The van der Waals surface area contributed by atoms with Crippen LogP contribution in [0.15, 0.2) is 71.5 Å². The first kappa shape index (κ1) is 75.5. The number of carbonyl (C=O) groups excluding carboxylic acids is 5. The van der Waals surface area contributed by atoms with E-state index in [0.29, 0.717) is 165 Å². The van der Waals surface area contributed by atoms with Gasteiger partial charge in [0.2, 0.25) is 17.7 Å². The summed E-state index contributed by atoms with van der Waals surface area (Å²) in [5.41, 5.74) is 12.4. The number of rotatable bonds is 45. The average Bonchev–Trinajstić information content (AvgIpc) is 1.66. The number of aryl methyl sites for hydroxylation is 2. The molecular formula is C72H99N7O18. The number of hydrogen-bond donors (Lipinski definition) is 6. The number of alkyl carbamates (subject to hydrolysis) is 1. The van der Waals surface area contributed by atoms with Crippen molar-refractivity contribution in [1.82, 2.24) is 25.5 Å². The molecule has 530 valence electrons. The van der Waals surface area contributed by atoms with E-state index in [4.69, 9.17) is 62.8 Å². The van der Waals surface area contributed by atoms with Crippen LogP contribution in [0.1, 0.15) is 122 Å². The maximum Gasteiger partial charge on any atom is 0.407 e. The van der Waals surface area contributed by atoms with E-state index in [1.807, 2.05) is 43.3 Å². The van der Waals surface area contributed by atoms with Gasteiger partial charge in [-0.05, 0) is 129 Å². The molecule has 1 aliphatic carbocycles. The second kappa shape index (κ2) is 39.4. The lowest BCUT2D eigenvalue weighted by Gasteiger charge is -2.31. The number of aliphatic hydroxyl groups is 1. The number of nitrogens with two attached hydrogens (primary N) is 1. The Hall–Kier alpha value is -7.27. The number of cyclic esters (lactones) is 1. The second-order valence-corrected chi connectivity index (χ2v) is 24.7. The van der Waals surface area contributed by atoms with E-state index in [1.54, 1.807) is 41.8 Å². The van der Waals surface area contributed by atoms with Crippen LogP contribution in [-0.2, 0) is 109 Å². The molecule has 25 heteroatoms. The van der Waals surface area contributed by atoms with Crippen LogP contribution >= 0.6 is 0 Å². The van der Waals surface area contributed by atoms with Crippen LogP contribution < -0.4 is 32.6 Å². The van der Waals surface area contributed by atoms with Gasteiger partial charge in [0.05, 0.1) is 147 Å². The van der Waals surface area contributed by atoms with Gasteiger partial charge in [-0.3, -0.25) is 19.2 Å². The molecule has 0 radical (unpaired) electrons. The fourth-order valence-electron chi connectivity index (χ4n) is 11.8. The predicted molar refractivity (Wildman–Crippen MR) is 362 cm³/mol. The number of hydrogen-bond acceptors (Lipinski definition) is 20. The third kappa shape index (κ3) is 22.1. The van der Waals surface area contributed by atoms with E-state index in [2.05, 4.69) is 42.0 Å². The molecule has 97 heavy (non-hydrogen) atoms. The molecule has 2 aromatic heterocycles. The van der Waals surface area contributed by atoms with Crippen molar-refractivity contribution in [3.63, 3.8) is 0 Å². The zero-order valence-corrected chi connectivity index (χ0v) is 56.9. The van der Waals surface area contributed by atoms with Crippen LogP contribution in [0, 0.1) is 19.8 Å². The van der Waals surface area contributed by atoms with Crippen LogP contribution in [0.5, 0.6) is 0 Å². The van der Waals surface area contributed by atoms with Crippen molar-refractivity contribution < 1.29 is 81.2 Å². The van der Waals surface area contributed by atoms with E-state index in [9.17, 15) is 33.9 Å². The molecule has 0 spiro atoms. The van der Waals surface area contributed by atoms with Gasteiger partial charge in [0.25, 0.3) is 5.56 Å². The number of benzene rings is 3. The Kier molecular flexibility index (Phi) is 30.6. The van der Waals surface area contributed by atoms with Crippen molar-refractivity contribution in [1.29, 1.82) is 0 Å². The summed E-state index contributed by atoms with van der Waals surface area (Å²) in [4.78, 5) is 87.4. The van der Waals surface area contributed by atoms with Gasteiger partial charge in [0.1, 0.15) is 25.3 Å². The second-order valence-electron chi connectivity index (χ2n) is 24.7. The SMILES string of the molecule is CC[C@@]1(O)C(=O)OCc2c1cc1n(c2=O)Cc2c-1nc1cc(C)c(C)c3c1c2[C@@H](NC(=O)OCc1ccc(NC(=O)[C@H](CCCCN)NC(=O)[C@H](Cc2ccccc2)NC(=O)CCOCCOCCOCCOCCOCCOCCOCCOCCOCCC(C)C)cc1)CC3. The van der Waals surface area contributed by atoms with Crippen molar-refractivity contribution >= 4 is 46.4 Å². The van der Waals surface area contributed by atoms with Crippen LogP contribution in [0.2, 0.25) is 0 Å². The van der Waals surface area contributed by atoms with Gasteiger partial charge < -0.3 is 88.8 Å². The third-order valence-corrected chi connectivity index (χ3v) is 17.4. The number of ether oxygens (including phenoxy) is 11. The number of carbonyl (C=O) groups is 5. The van der Waals surface area contributed by atoms with Gasteiger partial charge in [-0.25, -0.2) is 14.6 Å². The Balaban J connectivity index is 0.726. The molecule has 25 nitrogen and oxygen atoms in total. The minimum atomic E-state index is -1.98. The predicted octanol–water partition coefficient (Wildman–Crippen LogP) is 6.48. The molecule has 4 heterocycles. The number of anilines is 1. The molecule has 0 bridgehead atoms. The Bertz CT molecular complexity index is 3420. The van der Waals surface area contributed by atoms with Crippen LogP contribution in [-0.4, -0.2) is 182 Å². The number of nitrogens with one attached hydrogen (secondary N) is 4. The molecule has 5 aromatic rings. The number of unbranched alkanes of at least 4 members (excludes halogenated alkanes) is 1. The Labute approximate surface area is 567 Å². The lowest BCUT2D eigenvalue weighted by atomic mass is 9.81. The molecule has 2 aliphatic heterocycles. The first-order valence-electron chi connectivity index (χ1n) is 34.1. The van der Waals surface area contributed by atoms with Crippen molar-refractivity contribution in [3.8, 4) is 11.4 Å². The summed E-state index contributed by atoms with van der Waals surface area (Å²) < 4.78 is 62.7. The Morgan fingerprint density at radius 1 is 0.691 bits per heavy atom. The Morgan fingerprint density at radius 3 is 1.86 bits per heavy atom. The largest absolute Gasteiger partial charge is 0.458 e. The molecule has 3 aliphatic rings. The van der Waals surface area contributed by atoms with Crippen molar-refractivity contribution in [2.24, 2.45) is 11.7 Å². The fraction of sp³-hybridized carbons (Fsp3) is 0.569. The number of esters is 1. The van der Waals surface area contributed by atoms with Gasteiger partial charge in [-0.1, -0.05) is 63.2 Å². The monoisotopic (exact) mass is 1350 g/mol. The topological polar surface area (TPSA) is 316 Å². The summed E-state index contributed by atoms with van der Waals surface area (Å²) in [6.45, 7) is 18.3. The number of aromatic nitrogens is 2. The Morgan fingerprint density at radius 2 is 1.28 bits per heavy atom. The zero-order valence-electron chi connectivity index (χ0n) is 56.9. The zero-order chi connectivity index (χ0) is 68.9. The van der Waals surface area contributed by atoms with E-state index in [1.165, 1.54) is 0 Å². The molecule has 0 unspecified atom stereocenters. The highest BCUT2D eigenvalue weighted by Gasteiger charge is 2.46. The van der Waals surface area contributed by atoms with Crippen molar-refractivity contribution in [3.05, 3.63) is 127 Å². The molecule has 0 saturated carbocycles. The summed E-state index contributed by atoms with van der Waals surface area (Å²) in [6.07, 6.45) is 3.23. The van der Waals surface area contributed by atoms with Crippen molar-refractivity contribution in [2.45, 2.75) is 136 Å². The van der Waals surface area contributed by atoms with Gasteiger partial charge in [0.15, 0.2) is 5.60 Å². The minimum Gasteiger partial charge on any atom is -0.458 e. The molecule has 7 N–H and O–H groups in total. The maximum absolute atomic E-state index is 14.1. The van der Waals surface area contributed by atoms with Crippen molar-refractivity contribution in [2.75, 3.05) is 131 Å². The standard InChI is InChI=1S/C72H99N7O18/c1-6-72(86)57-44-62-66-55(45-79(62)69(83)56(57)47-96-70(72)84)65-58(20-19-54-50(5)49(4)42-60(76-66)64(54)65)78-71(85)97-46-52-15-17-53(18-16-52)74-67(81)59(14-10-11-23-73)77-68(82)61(43-51-12-8-7-9-13-51)75-63(80)22-25-88-27-29-90-31-33-92-35-37-94-39-41-95-40-38-93-36-34-91-32-30-89-28-26-87-24-21-48(2)3/h7-9,12-13,15-18,42,44,48,58-59,61,86H,6,10-11,14,19-41,43,45-47,73H2,1-5H3,(H,74,81)(H,75,80)(H,77,82)(H,78,85)/t58-,59-,61-,72-/m0/s1. The molecular weight excluding hydrogens is 1250 g/mol. The maximum atomic E-state index is 14.1. The van der Waals surface area contributed by atoms with Gasteiger partial charge in [0, 0.05) is 41.6 Å². The lowest BCUT2D eigenvalue weighted by Crippen LogP contribution is -2.53. The van der Waals surface area contributed by atoms with E-state index in [0.717, 1.165) is 51.8 Å². The number of amides is 4. The molecule has 4 amide bonds. The summed E-state index contributed by atoms with van der Waals surface area (Å²) in [5, 5.41) is 24.2. The van der Waals surface area contributed by atoms with E-state index < -0.39 is 53.5 Å². The number of fused-ring (bicyclic) bond motifs is 5. The fourth-order valence-corrected chi connectivity index (χ4v) is 11.8. The van der Waals surface area contributed by atoms with E-state index in [-0.39, 0.29) is 75.3 Å². The third-order valence-electron chi connectivity index (χ3n) is 17.4. The highest BCUT2D eigenvalue weighted by molar-refractivity contribution is 5.99. The molecule has 8 rings (SSSR count). The number of nitrogens with zero attached hydrogens (tertiary/aromatic N) is 2. The lowest BCUT2D eigenvalue weighted by molar-refractivity contribution is -0.172. The van der Waals surface area contributed by atoms with Crippen LogP contribution in [0.4, 0.5) is 10.5 Å². The van der Waals surface area contributed by atoms with E-state index >= 15 is 0 Å². The van der Waals surface area contributed by atoms with Crippen LogP contribution in [0.25, 0.3) is 22.3 Å². The molecule has 4 atom stereocenters. The summed E-state index contributed by atoms with van der Waals surface area (Å²) in [5.74, 6) is -1.57. The smallest absolute Gasteiger partial charge is 0.407 e. The first-order valence-corrected chi connectivity index (χ1v) is 34.1. The van der Waals surface area contributed by atoms with Gasteiger partial charge in [-0.15, -0.1) is 0 Å². The molecule has 0 fully saturated rings. The minimum absolute atomic E-state index is 0.0141. The summed E-state index contributed by atoms with van der Waals surface area (Å²) >= 11 is 0. The quantitative estimate of drug-likeness (QED) is 0.0176. The molecule has 3 aromatic carbocycles. The average molecular weight is 1350 g/mol.